The minimum Gasteiger partial charge on any atom is -0.395 e. The number of thiophene rings is 1. The molecule has 1 N–H and O–H groups in total. The summed E-state index contributed by atoms with van der Waals surface area (Å²) < 4.78 is 5.54. The molecule has 0 amide bonds. The van der Waals surface area contributed by atoms with E-state index in [2.05, 4.69) is 25.7 Å². The van der Waals surface area contributed by atoms with Crippen LogP contribution in [-0.2, 0) is 11.3 Å². The van der Waals surface area contributed by atoms with Gasteiger partial charge in [0.1, 0.15) is 0 Å². The van der Waals surface area contributed by atoms with Crippen molar-refractivity contribution in [1.29, 1.82) is 0 Å². The fraction of sp³-hybridized carbons (Fsp3) is 0.538. The van der Waals surface area contributed by atoms with Gasteiger partial charge < -0.3 is 9.84 Å². The van der Waals surface area contributed by atoms with Crippen molar-refractivity contribution in [2.24, 2.45) is 5.92 Å². The second-order valence-electron chi connectivity index (χ2n) is 3.95. The van der Waals surface area contributed by atoms with E-state index in [1.54, 1.807) is 11.3 Å². The lowest BCUT2D eigenvalue weighted by atomic mass is 10.2. The van der Waals surface area contributed by atoms with Gasteiger partial charge in [0, 0.05) is 17.9 Å². The average molecular weight is 238 g/mol. The van der Waals surface area contributed by atoms with E-state index in [-0.39, 0.29) is 6.61 Å². The first-order valence-electron chi connectivity index (χ1n) is 5.48. The minimum absolute atomic E-state index is 0.128. The molecule has 0 unspecified atom stereocenters. The summed E-state index contributed by atoms with van der Waals surface area (Å²) in [6.45, 7) is 5.87. The number of rotatable bonds is 5. The lowest BCUT2D eigenvalue weighted by Crippen LogP contribution is -2.00. The first-order valence-corrected chi connectivity index (χ1v) is 6.30. The summed E-state index contributed by atoms with van der Waals surface area (Å²) in [6.07, 6.45) is 0.539. The van der Waals surface area contributed by atoms with Crippen LogP contribution in [0.4, 0.5) is 0 Å². The maximum atomic E-state index is 8.60. The lowest BCUT2D eigenvalue weighted by Gasteiger charge is -2.04. The van der Waals surface area contributed by atoms with Gasteiger partial charge in [-0.25, -0.2) is 0 Å². The van der Waals surface area contributed by atoms with E-state index in [1.165, 1.54) is 4.88 Å². The van der Waals surface area contributed by atoms with Crippen LogP contribution < -0.4 is 0 Å². The molecule has 1 aromatic rings. The first kappa shape index (κ1) is 13.2. The first-order chi connectivity index (χ1) is 7.72. The maximum absolute atomic E-state index is 8.60. The normalized spacial score (nSPS) is 10.2. The third-order valence-corrected chi connectivity index (χ3v) is 2.78. The summed E-state index contributed by atoms with van der Waals surface area (Å²) in [5.74, 6) is 6.50. The van der Waals surface area contributed by atoms with Gasteiger partial charge in [-0.3, -0.25) is 0 Å². The Morgan fingerprint density at radius 1 is 1.44 bits per heavy atom. The SMILES string of the molecule is CC(C)COCc1ccc(C#CCCO)s1. The molecule has 16 heavy (non-hydrogen) atoms. The van der Waals surface area contributed by atoms with Gasteiger partial charge in [0.15, 0.2) is 0 Å². The summed E-state index contributed by atoms with van der Waals surface area (Å²) in [5, 5.41) is 8.60. The molecule has 0 spiro atoms. The summed E-state index contributed by atoms with van der Waals surface area (Å²) in [6, 6.07) is 4.05. The fourth-order valence-electron chi connectivity index (χ4n) is 1.12. The summed E-state index contributed by atoms with van der Waals surface area (Å²) in [5.41, 5.74) is 0. The smallest absolute Gasteiger partial charge is 0.0809 e. The second kappa shape index (κ2) is 7.45. The van der Waals surface area contributed by atoms with E-state index < -0.39 is 0 Å². The zero-order chi connectivity index (χ0) is 11.8. The minimum atomic E-state index is 0.128. The Morgan fingerprint density at radius 2 is 2.25 bits per heavy atom. The quantitative estimate of drug-likeness (QED) is 0.799. The van der Waals surface area contributed by atoms with E-state index in [9.17, 15) is 0 Å². The average Bonchev–Trinajstić information content (AvgIpc) is 2.66. The van der Waals surface area contributed by atoms with Crippen molar-refractivity contribution in [3.63, 3.8) is 0 Å². The van der Waals surface area contributed by atoms with Crippen LogP contribution in [0.2, 0.25) is 0 Å². The Bertz CT molecular complexity index is 357. The predicted octanol–water partition coefficient (Wildman–Crippen LogP) is 2.65. The van der Waals surface area contributed by atoms with Crippen molar-refractivity contribution in [1.82, 2.24) is 0 Å². The van der Waals surface area contributed by atoms with Crippen molar-refractivity contribution < 1.29 is 9.84 Å². The number of ether oxygens (including phenoxy) is 1. The Labute approximate surface area is 101 Å². The monoisotopic (exact) mass is 238 g/mol. The molecule has 0 bridgehead atoms. The highest BCUT2D eigenvalue weighted by atomic mass is 32.1. The van der Waals surface area contributed by atoms with Crippen molar-refractivity contribution >= 4 is 11.3 Å². The van der Waals surface area contributed by atoms with Gasteiger partial charge in [-0.05, 0) is 18.1 Å². The van der Waals surface area contributed by atoms with Crippen LogP contribution in [-0.4, -0.2) is 18.3 Å². The molecular weight excluding hydrogens is 220 g/mol. The molecule has 0 atom stereocenters. The van der Waals surface area contributed by atoms with Crippen LogP contribution in [0.1, 0.15) is 30.0 Å². The van der Waals surface area contributed by atoms with Crippen LogP contribution in [0.25, 0.3) is 0 Å². The van der Waals surface area contributed by atoms with Crippen molar-refractivity contribution in [3.05, 3.63) is 21.9 Å². The number of hydrogen-bond donors (Lipinski definition) is 1. The van der Waals surface area contributed by atoms with Gasteiger partial charge in [0.25, 0.3) is 0 Å². The Morgan fingerprint density at radius 3 is 2.94 bits per heavy atom. The van der Waals surface area contributed by atoms with Gasteiger partial charge >= 0.3 is 0 Å². The van der Waals surface area contributed by atoms with Crippen LogP contribution in [0.15, 0.2) is 12.1 Å². The summed E-state index contributed by atoms with van der Waals surface area (Å²) in [7, 11) is 0. The van der Waals surface area contributed by atoms with Gasteiger partial charge in [-0.2, -0.15) is 0 Å². The highest BCUT2D eigenvalue weighted by Gasteiger charge is 1.99. The molecular formula is C13H18O2S. The van der Waals surface area contributed by atoms with Crippen LogP contribution in [0.5, 0.6) is 0 Å². The van der Waals surface area contributed by atoms with Crippen molar-refractivity contribution in [2.75, 3.05) is 13.2 Å². The molecule has 1 heterocycles. The molecule has 0 aromatic carbocycles. The molecule has 1 aromatic heterocycles. The highest BCUT2D eigenvalue weighted by molar-refractivity contribution is 7.12. The fourth-order valence-corrected chi connectivity index (χ4v) is 1.94. The van der Waals surface area contributed by atoms with Gasteiger partial charge in [0.05, 0.1) is 18.1 Å². The number of aliphatic hydroxyl groups is 1. The van der Waals surface area contributed by atoms with Crippen molar-refractivity contribution in [2.45, 2.75) is 26.9 Å². The van der Waals surface area contributed by atoms with E-state index in [1.807, 2.05) is 12.1 Å². The largest absolute Gasteiger partial charge is 0.395 e. The molecule has 0 saturated carbocycles. The third kappa shape index (κ3) is 5.32. The van der Waals surface area contributed by atoms with Crippen LogP contribution in [0, 0.1) is 17.8 Å². The maximum Gasteiger partial charge on any atom is 0.0809 e. The molecule has 0 aliphatic rings. The van der Waals surface area contributed by atoms with E-state index in [0.29, 0.717) is 18.9 Å². The van der Waals surface area contributed by atoms with E-state index in [0.717, 1.165) is 11.5 Å². The lowest BCUT2D eigenvalue weighted by molar-refractivity contribution is 0.0989. The van der Waals surface area contributed by atoms with E-state index in [4.69, 9.17) is 9.84 Å². The molecule has 0 saturated heterocycles. The topological polar surface area (TPSA) is 29.5 Å². The Hall–Kier alpha value is -0.820. The Balaban J connectivity index is 2.37. The predicted molar refractivity (Wildman–Crippen MR) is 67.4 cm³/mol. The second-order valence-corrected chi connectivity index (χ2v) is 5.12. The molecule has 0 radical (unpaired) electrons. The van der Waals surface area contributed by atoms with Gasteiger partial charge in [-0.15, -0.1) is 11.3 Å². The summed E-state index contributed by atoms with van der Waals surface area (Å²) in [4.78, 5) is 2.24. The summed E-state index contributed by atoms with van der Waals surface area (Å²) >= 11 is 1.65. The van der Waals surface area contributed by atoms with E-state index >= 15 is 0 Å². The third-order valence-electron chi connectivity index (χ3n) is 1.81. The molecule has 1 rings (SSSR count). The Kier molecular flexibility index (Phi) is 6.17. The zero-order valence-corrected chi connectivity index (χ0v) is 10.6. The van der Waals surface area contributed by atoms with Crippen LogP contribution >= 0.6 is 11.3 Å². The molecule has 0 fully saturated rings. The van der Waals surface area contributed by atoms with Crippen LogP contribution in [0.3, 0.4) is 0 Å². The zero-order valence-electron chi connectivity index (χ0n) is 9.82. The molecule has 2 nitrogen and oxygen atoms in total. The number of hydrogen-bond acceptors (Lipinski definition) is 3. The van der Waals surface area contributed by atoms with Crippen molar-refractivity contribution in [3.8, 4) is 11.8 Å². The molecule has 88 valence electrons. The number of aliphatic hydroxyl groups excluding tert-OH is 1. The van der Waals surface area contributed by atoms with Gasteiger partial charge in [-0.1, -0.05) is 25.7 Å². The standard InChI is InChI=1S/C13H18O2S/c1-11(2)9-15-10-13-7-6-12(16-13)5-3-4-8-14/h6-7,11,14H,4,8-10H2,1-2H3. The molecule has 0 aliphatic carbocycles. The molecule has 3 heteroatoms. The van der Waals surface area contributed by atoms with Gasteiger partial charge in [0.2, 0.25) is 0 Å². The highest BCUT2D eigenvalue weighted by Crippen LogP contribution is 2.16. The molecule has 0 aliphatic heterocycles.